The van der Waals surface area contributed by atoms with Gasteiger partial charge in [-0.1, -0.05) is 32.9 Å². The maximum atomic E-state index is 10.8. The van der Waals surface area contributed by atoms with Crippen LogP contribution in [0.3, 0.4) is 0 Å². The summed E-state index contributed by atoms with van der Waals surface area (Å²) >= 11 is 0. The van der Waals surface area contributed by atoms with Crippen LogP contribution in [0.2, 0.25) is 0 Å². The van der Waals surface area contributed by atoms with Gasteiger partial charge in [0.1, 0.15) is 0 Å². The molecule has 0 radical (unpaired) electrons. The van der Waals surface area contributed by atoms with E-state index in [4.69, 9.17) is 5.11 Å². The van der Waals surface area contributed by atoms with Crippen molar-refractivity contribution in [3.8, 4) is 0 Å². The number of hydrogen-bond acceptors (Lipinski definition) is 2. The highest BCUT2D eigenvalue weighted by Crippen LogP contribution is 2.38. The average molecular weight is 287 g/mol. The summed E-state index contributed by atoms with van der Waals surface area (Å²) in [5, 5.41) is 8.87. The van der Waals surface area contributed by atoms with Crippen molar-refractivity contribution < 1.29 is 9.90 Å². The number of carbonyl (C=O) groups is 1. The molecule has 3 heteroatoms. The molecule has 114 valence electrons. The summed E-state index contributed by atoms with van der Waals surface area (Å²) in [6, 6.07) is 7.30. The molecule has 1 aliphatic carbocycles. The predicted octanol–water partition coefficient (Wildman–Crippen LogP) is 4.41. The lowest BCUT2D eigenvalue weighted by atomic mass is 9.71. The third-order valence-corrected chi connectivity index (χ3v) is 4.51. The zero-order chi connectivity index (χ0) is 15.5. The van der Waals surface area contributed by atoms with Crippen LogP contribution in [-0.4, -0.2) is 23.3 Å². The summed E-state index contributed by atoms with van der Waals surface area (Å²) in [6.45, 7) is 6.97. The summed E-state index contributed by atoms with van der Waals surface area (Å²) in [5.41, 5.74) is 1.69. The number of rotatable bonds is 3. The second-order valence-corrected chi connectivity index (χ2v) is 7.08. The van der Waals surface area contributed by atoms with Gasteiger partial charge in [-0.15, -0.1) is 0 Å². The number of aliphatic imine (C=N–C) groups is 1. The summed E-state index contributed by atoms with van der Waals surface area (Å²) in [6.07, 6.45) is 6.71. The van der Waals surface area contributed by atoms with Crippen molar-refractivity contribution in [1.82, 2.24) is 0 Å². The Hall–Kier alpha value is -1.64. The fourth-order valence-corrected chi connectivity index (χ4v) is 2.99. The zero-order valence-electron chi connectivity index (χ0n) is 13.2. The SMILES string of the molecule is CC(C)(C)C1CCC(N=Cc2ccc(C(=O)O)cc2)CC1. The van der Waals surface area contributed by atoms with Crippen LogP contribution in [0.4, 0.5) is 0 Å². The van der Waals surface area contributed by atoms with E-state index in [1.165, 1.54) is 12.8 Å². The Morgan fingerprint density at radius 1 is 1.14 bits per heavy atom. The molecule has 1 N–H and O–H groups in total. The van der Waals surface area contributed by atoms with Crippen molar-refractivity contribution in [3.05, 3.63) is 35.4 Å². The molecule has 1 aromatic rings. The van der Waals surface area contributed by atoms with Gasteiger partial charge in [-0.25, -0.2) is 4.79 Å². The number of carboxylic acid groups (broad SMARTS) is 1. The first-order valence-electron chi connectivity index (χ1n) is 7.73. The monoisotopic (exact) mass is 287 g/mol. The van der Waals surface area contributed by atoms with E-state index >= 15 is 0 Å². The van der Waals surface area contributed by atoms with E-state index in [0.29, 0.717) is 17.0 Å². The van der Waals surface area contributed by atoms with E-state index in [-0.39, 0.29) is 0 Å². The van der Waals surface area contributed by atoms with Gasteiger partial charge < -0.3 is 5.11 Å². The summed E-state index contributed by atoms with van der Waals surface area (Å²) < 4.78 is 0. The van der Waals surface area contributed by atoms with Gasteiger partial charge in [-0.3, -0.25) is 4.99 Å². The molecule has 0 bridgehead atoms. The smallest absolute Gasteiger partial charge is 0.335 e. The van der Waals surface area contributed by atoms with Gasteiger partial charge in [0, 0.05) is 12.3 Å². The lowest BCUT2D eigenvalue weighted by molar-refractivity contribution is 0.0697. The highest BCUT2D eigenvalue weighted by atomic mass is 16.4. The first-order valence-corrected chi connectivity index (χ1v) is 7.73. The fraction of sp³-hybridized carbons (Fsp3) is 0.556. The second-order valence-electron chi connectivity index (χ2n) is 7.08. The number of nitrogens with zero attached hydrogens (tertiary/aromatic N) is 1. The highest BCUT2D eigenvalue weighted by molar-refractivity contribution is 5.89. The molecule has 0 atom stereocenters. The molecule has 1 aliphatic rings. The van der Waals surface area contributed by atoms with Crippen LogP contribution in [0.1, 0.15) is 62.4 Å². The largest absolute Gasteiger partial charge is 0.478 e. The van der Waals surface area contributed by atoms with E-state index in [2.05, 4.69) is 25.8 Å². The molecule has 21 heavy (non-hydrogen) atoms. The topological polar surface area (TPSA) is 49.7 Å². The molecule has 0 aliphatic heterocycles. The zero-order valence-corrected chi connectivity index (χ0v) is 13.2. The van der Waals surface area contributed by atoms with Gasteiger partial charge in [-0.2, -0.15) is 0 Å². The van der Waals surface area contributed by atoms with Crippen LogP contribution in [0.25, 0.3) is 0 Å². The summed E-state index contributed by atoms with van der Waals surface area (Å²) in [7, 11) is 0. The Kier molecular flexibility index (Phi) is 4.81. The van der Waals surface area contributed by atoms with Crippen LogP contribution in [0.5, 0.6) is 0 Å². The second kappa shape index (κ2) is 6.42. The Bertz CT molecular complexity index is 503. The lowest BCUT2D eigenvalue weighted by Crippen LogP contribution is -2.27. The molecule has 1 saturated carbocycles. The minimum absolute atomic E-state index is 0.317. The van der Waals surface area contributed by atoms with Crippen molar-refractivity contribution in [2.24, 2.45) is 16.3 Å². The van der Waals surface area contributed by atoms with Crippen molar-refractivity contribution in [2.45, 2.75) is 52.5 Å². The maximum Gasteiger partial charge on any atom is 0.335 e. The Morgan fingerprint density at radius 2 is 1.71 bits per heavy atom. The van der Waals surface area contributed by atoms with Crippen LogP contribution in [0, 0.1) is 11.3 Å². The molecule has 0 saturated heterocycles. The fourth-order valence-electron chi connectivity index (χ4n) is 2.99. The van der Waals surface area contributed by atoms with Crippen molar-refractivity contribution >= 4 is 12.2 Å². The van der Waals surface area contributed by atoms with Crippen molar-refractivity contribution in [3.63, 3.8) is 0 Å². The van der Waals surface area contributed by atoms with Crippen LogP contribution < -0.4 is 0 Å². The lowest BCUT2D eigenvalue weighted by Gasteiger charge is -2.35. The maximum absolute atomic E-state index is 10.8. The molecule has 0 aromatic heterocycles. The van der Waals surface area contributed by atoms with Crippen molar-refractivity contribution in [2.75, 3.05) is 0 Å². The van der Waals surface area contributed by atoms with E-state index in [1.807, 2.05) is 18.3 Å². The molecule has 3 nitrogen and oxygen atoms in total. The highest BCUT2D eigenvalue weighted by Gasteiger charge is 2.29. The van der Waals surface area contributed by atoms with Gasteiger partial charge in [0.05, 0.1) is 5.56 Å². The third-order valence-electron chi connectivity index (χ3n) is 4.51. The van der Waals surface area contributed by atoms with E-state index in [1.54, 1.807) is 12.1 Å². The van der Waals surface area contributed by atoms with Crippen molar-refractivity contribution in [1.29, 1.82) is 0 Å². The number of hydrogen-bond donors (Lipinski definition) is 1. The molecule has 1 fully saturated rings. The van der Waals surface area contributed by atoms with Gasteiger partial charge >= 0.3 is 5.97 Å². The van der Waals surface area contributed by atoms with E-state index in [9.17, 15) is 4.79 Å². The first kappa shape index (κ1) is 15.7. The molecule has 0 heterocycles. The van der Waals surface area contributed by atoms with E-state index in [0.717, 1.165) is 24.3 Å². The Labute approximate surface area is 127 Å². The molecular weight excluding hydrogens is 262 g/mol. The molecule has 0 spiro atoms. The Morgan fingerprint density at radius 3 is 2.19 bits per heavy atom. The number of benzene rings is 1. The summed E-state index contributed by atoms with van der Waals surface area (Å²) in [5.74, 6) is -0.0854. The van der Waals surface area contributed by atoms with E-state index < -0.39 is 5.97 Å². The third kappa shape index (κ3) is 4.42. The van der Waals surface area contributed by atoms with Gasteiger partial charge in [-0.05, 0) is 54.7 Å². The predicted molar refractivity (Wildman–Crippen MR) is 86.2 cm³/mol. The van der Waals surface area contributed by atoms with Gasteiger partial charge in [0.15, 0.2) is 0 Å². The summed E-state index contributed by atoms with van der Waals surface area (Å²) in [4.78, 5) is 15.5. The Balaban J connectivity index is 1.89. The van der Waals surface area contributed by atoms with Crippen LogP contribution in [0.15, 0.2) is 29.3 Å². The molecule has 0 unspecified atom stereocenters. The minimum Gasteiger partial charge on any atom is -0.478 e. The van der Waals surface area contributed by atoms with Crippen LogP contribution >= 0.6 is 0 Å². The minimum atomic E-state index is -0.890. The van der Waals surface area contributed by atoms with Crippen LogP contribution in [-0.2, 0) is 0 Å². The first-order chi connectivity index (χ1) is 9.86. The standard InChI is InChI=1S/C18H25NO2/c1-18(2,3)15-8-10-16(11-9-15)19-12-13-4-6-14(7-5-13)17(20)21/h4-7,12,15-16H,8-11H2,1-3H3,(H,20,21). The molecule has 1 aromatic carbocycles. The molecular formula is C18H25NO2. The molecule has 2 rings (SSSR count). The average Bonchev–Trinajstić information content (AvgIpc) is 2.45. The quantitative estimate of drug-likeness (QED) is 0.837. The van der Waals surface area contributed by atoms with Gasteiger partial charge in [0.25, 0.3) is 0 Å². The van der Waals surface area contributed by atoms with Gasteiger partial charge in [0.2, 0.25) is 0 Å². The number of aromatic carboxylic acids is 1. The normalized spacial score (nSPS) is 23.4. The number of carboxylic acids is 1. The molecule has 0 amide bonds.